The normalized spacial score (nSPS) is 14.7. The fourth-order valence-electron chi connectivity index (χ4n) is 1.67. The second kappa shape index (κ2) is 7.17. The summed E-state index contributed by atoms with van der Waals surface area (Å²) in [5.74, 6) is -0.600. The maximum atomic E-state index is 13.3. The van der Waals surface area contributed by atoms with E-state index in [1.54, 1.807) is 6.92 Å². The molecule has 0 bridgehead atoms. The molecule has 1 aromatic rings. The van der Waals surface area contributed by atoms with Gasteiger partial charge in [-0.2, -0.15) is 0 Å². The van der Waals surface area contributed by atoms with Crippen molar-refractivity contribution in [2.24, 2.45) is 0 Å². The Kier molecular flexibility index (Phi) is 6.09. The fraction of sp³-hybridized carbons (Fsp3) is 0.538. The van der Waals surface area contributed by atoms with E-state index in [2.05, 4.69) is 4.72 Å². The van der Waals surface area contributed by atoms with Gasteiger partial charge in [0, 0.05) is 20.8 Å². The van der Waals surface area contributed by atoms with Crippen LogP contribution in [-0.4, -0.2) is 48.5 Å². The molecule has 0 heterocycles. The summed E-state index contributed by atoms with van der Waals surface area (Å²) < 4.78 is 55.4. The predicted octanol–water partition coefficient (Wildman–Crippen LogP) is 1.16. The van der Waals surface area contributed by atoms with Gasteiger partial charge in [0.2, 0.25) is 10.0 Å². The lowest BCUT2D eigenvalue weighted by Crippen LogP contribution is -2.45. The maximum Gasteiger partial charge on any atom is 0.244 e. The monoisotopic (exact) mass is 321 g/mol. The molecule has 1 aromatic carbocycles. The molecule has 1 atom stereocenters. The molecule has 0 aliphatic carbocycles. The summed E-state index contributed by atoms with van der Waals surface area (Å²) in [6.45, 7) is 1.87. The number of nitrogens with one attached hydrogen (secondary N) is 1. The zero-order chi connectivity index (χ0) is 16.1. The number of rotatable bonds is 8. The zero-order valence-electron chi connectivity index (χ0n) is 12.5. The number of halogens is 1. The average Bonchev–Trinajstić information content (AvgIpc) is 2.45. The highest BCUT2D eigenvalue weighted by Gasteiger charge is 2.28. The van der Waals surface area contributed by atoms with Gasteiger partial charge >= 0.3 is 0 Å². The lowest BCUT2D eigenvalue weighted by Gasteiger charge is -2.27. The molecule has 1 rings (SSSR count). The van der Waals surface area contributed by atoms with Crippen molar-refractivity contribution in [3.8, 4) is 5.75 Å². The summed E-state index contributed by atoms with van der Waals surface area (Å²) in [6, 6.07) is 3.29. The molecule has 1 N–H and O–H groups in total. The van der Waals surface area contributed by atoms with Crippen LogP contribution < -0.4 is 9.46 Å². The van der Waals surface area contributed by atoms with Crippen molar-refractivity contribution in [1.29, 1.82) is 0 Å². The van der Waals surface area contributed by atoms with Gasteiger partial charge in [0.25, 0.3) is 0 Å². The first kappa shape index (κ1) is 17.8. The molecule has 0 amide bonds. The quantitative estimate of drug-likeness (QED) is 0.778. The van der Waals surface area contributed by atoms with Gasteiger partial charge in [-0.15, -0.1) is 0 Å². The van der Waals surface area contributed by atoms with E-state index in [4.69, 9.17) is 14.2 Å². The smallest absolute Gasteiger partial charge is 0.244 e. The van der Waals surface area contributed by atoms with Crippen molar-refractivity contribution in [2.75, 3.05) is 34.5 Å². The summed E-state index contributed by atoms with van der Waals surface area (Å²) in [7, 11) is 0.320. The van der Waals surface area contributed by atoms with E-state index in [-0.39, 0.29) is 23.8 Å². The van der Waals surface area contributed by atoms with Gasteiger partial charge in [0.15, 0.2) is 0 Å². The van der Waals surface area contributed by atoms with Gasteiger partial charge in [0.05, 0.1) is 13.7 Å². The number of methoxy groups -OCH3 is 3. The van der Waals surface area contributed by atoms with Crippen LogP contribution in [0.2, 0.25) is 0 Å². The third-order valence-corrected chi connectivity index (χ3v) is 4.42. The van der Waals surface area contributed by atoms with Crippen LogP contribution >= 0.6 is 0 Å². The lowest BCUT2D eigenvalue weighted by atomic mass is 10.1. The lowest BCUT2D eigenvalue weighted by molar-refractivity contribution is -0.0460. The van der Waals surface area contributed by atoms with E-state index in [0.29, 0.717) is 0 Å². The molecule has 120 valence electrons. The number of hydrogen-bond acceptors (Lipinski definition) is 5. The van der Waals surface area contributed by atoms with Crippen LogP contribution in [-0.2, 0) is 19.5 Å². The molecule has 0 aliphatic heterocycles. The molecule has 21 heavy (non-hydrogen) atoms. The Labute approximate surface area is 124 Å². The third-order valence-electron chi connectivity index (χ3n) is 2.99. The van der Waals surface area contributed by atoms with Gasteiger partial charge in [-0.05, 0) is 25.1 Å². The summed E-state index contributed by atoms with van der Waals surface area (Å²) in [5, 5.41) is 0. The van der Waals surface area contributed by atoms with Crippen LogP contribution in [0, 0.1) is 5.82 Å². The molecule has 0 saturated carbocycles. The van der Waals surface area contributed by atoms with Crippen LogP contribution in [0.3, 0.4) is 0 Å². The van der Waals surface area contributed by atoms with E-state index in [0.717, 1.165) is 12.1 Å². The number of ether oxygens (including phenoxy) is 3. The highest BCUT2D eigenvalue weighted by atomic mass is 32.2. The molecule has 8 heteroatoms. The second-order valence-electron chi connectivity index (χ2n) is 4.71. The van der Waals surface area contributed by atoms with Crippen LogP contribution in [0.25, 0.3) is 0 Å². The molecule has 6 nitrogen and oxygen atoms in total. The van der Waals surface area contributed by atoms with Crippen molar-refractivity contribution in [3.63, 3.8) is 0 Å². The molecule has 0 radical (unpaired) electrons. The van der Waals surface area contributed by atoms with E-state index in [1.165, 1.54) is 27.4 Å². The SMILES string of the molecule is COC[C@](C)(CNS(=O)(=O)c1cc(F)ccc1OC)OC. The predicted molar refractivity (Wildman–Crippen MR) is 75.4 cm³/mol. The van der Waals surface area contributed by atoms with Gasteiger partial charge in [-0.1, -0.05) is 0 Å². The molecule has 0 fully saturated rings. The topological polar surface area (TPSA) is 73.9 Å². The van der Waals surface area contributed by atoms with Gasteiger partial charge < -0.3 is 14.2 Å². The zero-order valence-corrected chi connectivity index (χ0v) is 13.3. The van der Waals surface area contributed by atoms with E-state index in [1.807, 2.05) is 0 Å². The molecule has 0 saturated heterocycles. The van der Waals surface area contributed by atoms with Crippen molar-refractivity contribution in [1.82, 2.24) is 4.72 Å². The Hall–Kier alpha value is -1.22. The van der Waals surface area contributed by atoms with E-state index >= 15 is 0 Å². The van der Waals surface area contributed by atoms with Crippen molar-refractivity contribution in [2.45, 2.75) is 17.4 Å². The molecular formula is C13H20FNO5S. The molecule has 0 aromatic heterocycles. The second-order valence-corrected chi connectivity index (χ2v) is 6.44. The van der Waals surface area contributed by atoms with Gasteiger partial charge in [-0.25, -0.2) is 17.5 Å². The van der Waals surface area contributed by atoms with Crippen LogP contribution in [0.5, 0.6) is 5.75 Å². The van der Waals surface area contributed by atoms with Crippen LogP contribution in [0.1, 0.15) is 6.92 Å². The first-order valence-electron chi connectivity index (χ1n) is 6.15. The Bertz CT molecular complexity index is 578. The molecular weight excluding hydrogens is 301 g/mol. The van der Waals surface area contributed by atoms with E-state index in [9.17, 15) is 12.8 Å². The van der Waals surface area contributed by atoms with Crippen LogP contribution in [0.4, 0.5) is 4.39 Å². The Morgan fingerprint density at radius 2 is 1.95 bits per heavy atom. The Morgan fingerprint density at radius 3 is 2.48 bits per heavy atom. The summed E-state index contributed by atoms with van der Waals surface area (Å²) in [6.07, 6.45) is 0. The third kappa shape index (κ3) is 4.63. The standard InChI is InChI=1S/C13H20FNO5S/c1-13(20-4,9-18-2)8-15-21(16,17)12-7-10(14)5-6-11(12)19-3/h5-7,15H,8-9H2,1-4H3/t13-/m0/s1. The van der Waals surface area contributed by atoms with Gasteiger partial charge in [0.1, 0.15) is 22.1 Å². The number of hydrogen-bond donors (Lipinski definition) is 1. The summed E-state index contributed by atoms with van der Waals surface area (Å²) in [4.78, 5) is -0.263. The molecule has 0 aliphatic rings. The molecule has 0 spiro atoms. The van der Waals surface area contributed by atoms with Crippen molar-refractivity contribution in [3.05, 3.63) is 24.0 Å². The minimum atomic E-state index is -3.94. The number of sulfonamides is 1. The number of benzene rings is 1. The van der Waals surface area contributed by atoms with E-state index < -0.39 is 21.4 Å². The largest absolute Gasteiger partial charge is 0.495 e. The molecule has 0 unspecified atom stereocenters. The Morgan fingerprint density at radius 1 is 1.29 bits per heavy atom. The minimum Gasteiger partial charge on any atom is -0.495 e. The average molecular weight is 321 g/mol. The highest BCUT2D eigenvalue weighted by molar-refractivity contribution is 7.89. The van der Waals surface area contributed by atoms with Crippen molar-refractivity contribution >= 4 is 10.0 Å². The van der Waals surface area contributed by atoms with Crippen molar-refractivity contribution < 1.29 is 27.0 Å². The van der Waals surface area contributed by atoms with Gasteiger partial charge in [-0.3, -0.25) is 0 Å². The fourth-order valence-corrected chi connectivity index (χ4v) is 3.01. The van der Waals surface area contributed by atoms with Crippen LogP contribution in [0.15, 0.2) is 23.1 Å². The summed E-state index contributed by atoms with van der Waals surface area (Å²) in [5.41, 5.74) is -0.831. The maximum absolute atomic E-state index is 13.3. The highest BCUT2D eigenvalue weighted by Crippen LogP contribution is 2.24. The first-order valence-corrected chi connectivity index (χ1v) is 7.63. The summed E-state index contributed by atoms with van der Waals surface area (Å²) >= 11 is 0. The Balaban J connectivity index is 2.99. The first-order chi connectivity index (χ1) is 9.78. The minimum absolute atomic E-state index is 0.0284.